The lowest BCUT2D eigenvalue weighted by molar-refractivity contribution is -0.155. The van der Waals surface area contributed by atoms with Crippen molar-refractivity contribution in [2.75, 3.05) is 18.6 Å². The molecule has 1 rings (SSSR count). The summed E-state index contributed by atoms with van der Waals surface area (Å²) < 4.78 is 0. The van der Waals surface area contributed by atoms with E-state index in [9.17, 15) is 9.59 Å². The van der Waals surface area contributed by atoms with Gasteiger partial charge in [0.1, 0.15) is 11.6 Å². The molecule has 1 aliphatic rings. The number of hydrogen-bond donors (Lipinski definition) is 1. The molecule has 0 radical (unpaired) electrons. The lowest BCUT2D eigenvalue weighted by Crippen LogP contribution is -2.69. The van der Waals surface area contributed by atoms with Crippen LogP contribution in [0.1, 0.15) is 52.9 Å². The Bertz CT molecular complexity index is 343. The summed E-state index contributed by atoms with van der Waals surface area (Å²) in [6, 6.07) is -0.289. The Balaban J connectivity index is 2.83. The van der Waals surface area contributed by atoms with Crippen LogP contribution in [0.4, 0.5) is 0 Å². The van der Waals surface area contributed by atoms with Gasteiger partial charge in [0.25, 0.3) is 0 Å². The molecule has 1 aliphatic heterocycles. The van der Waals surface area contributed by atoms with Crippen LogP contribution in [0.5, 0.6) is 0 Å². The zero-order valence-corrected chi connectivity index (χ0v) is 14.0. The Labute approximate surface area is 127 Å². The molecule has 0 aliphatic carbocycles. The van der Waals surface area contributed by atoms with Crippen molar-refractivity contribution in [3.63, 3.8) is 0 Å². The molecule has 4 nitrogen and oxygen atoms in total. The normalized spacial score (nSPS) is 22.0. The highest BCUT2D eigenvalue weighted by Crippen LogP contribution is 2.26. The Morgan fingerprint density at radius 1 is 1.20 bits per heavy atom. The lowest BCUT2D eigenvalue weighted by Gasteiger charge is -2.45. The number of nitrogens with zero attached hydrogens (tertiary/aromatic N) is 1. The van der Waals surface area contributed by atoms with Crippen molar-refractivity contribution in [3.05, 3.63) is 0 Å². The largest absolute Gasteiger partial charge is 0.340 e. The van der Waals surface area contributed by atoms with Crippen molar-refractivity contribution in [1.29, 1.82) is 0 Å². The average Bonchev–Trinajstić information content (AvgIpc) is 2.46. The first-order valence-electron chi connectivity index (χ1n) is 7.68. The van der Waals surface area contributed by atoms with Gasteiger partial charge in [-0.3, -0.25) is 9.59 Å². The molecule has 5 heteroatoms. The number of thioether (sulfide) groups is 1. The second kappa shape index (κ2) is 7.91. The second-order valence-electron chi connectivity index (χ2n) is 5.40. The standard InChI is InChI=1S/C15H28N2O2S/c1-5-12-13(18)16-15(6-2,7-3)14(19)17(12)10-8-9-11-20-4/h12H,5-11H2,1-4H3,(H,16,18). The molecular weight excluding hydrogens is 272 g/mol. The Kier molecular flexibility index (Phi) is 6.86. The number of nitrogens with one attached hydrogen (secondary N) is 1. The predicted molar refractivity (Wildman–Crippen MR) is 84.9 cm³/mol. The van der Waals surface area contributed by atoms with Crippen LogP contribution in [0.25, 0.3) is 0 Å². The van der Waals surface area contributed by atoms with Gasteiger partial charge < -0.3 is 10.2 Å². The van der Waals surface area contributed by atoms with E-state index in [-0.39, 0.29) is 17.9 Å². The third kappa shape index (κ3) is 3.48. The van der Waals surface area contributed by atoms with Gasteiger partial charge in [0.05, 0.1) is 0 Å². The van der Waals surface area contributed by atoms with E-state index >= 15 is 0 Å². The van der Waals surface area contributed by atoms with Gasteiger partial charge in [-0.1, -0.05) is 20.8 Å². The topological polar surface area (TPSA) is 49.4 Å². The highest BCUT2D eigenvalue weighted by Gasteiger charge is 2.47. The van der Waals surface area contributed by atoms with Gasteiger partial charge in [0, 0.05) is 6.54 Å². The molecule has 1 atom stereocenters. The predicted octanol–water partition coefficient (Wildman–Crippen LogP) is 2.43. The van der Waals surface area contributed by atoms with Gasteiger partial charge in [0.15, 0.2) is 0 Å². The van der Waals surface area contributed by atoms with Crippen LogP contribution in [0, 0.1) is 0 Å². The molecule has 1 saturated heterocycles. The highest BCUT2D eigenvalue weighted by atomic mass is 32.2. The summed E-state index contributed by atoms with van der Waals surface area (Å²) >= 11 is 1.82. The minimum atomic E-state index is -0.678. The Morgan fingerprint density at radius 2 is 1.85 bits per heavy atom. The number of rotatable bonds is 8. The average molecular weight is 300 g/mol. The van der Waals surface area contributed by atoms with E-state index in [1.54, 1.807) is 0 Å². The van der Waals surface area contributed by atoms with Gasteiger partial charge in [-0.2, -0.15) is 11.8 Å². The van der Waals surface area contributed by atoms with Gasteiger partial charge in [0.2, 0.25) is 11.8 Å². The zero-order chi connectivity index (χ0) is 15.2. The third-order valence-electron chi connectivity index (χ3n) is 4.30. The number of amides is 2. The molecule has 0 bridgehead atoms. The molecule has 0 spiro atoms. The number of carbonyl (C=O) groups excluding carboxylic acids is 2. The van der Waals surface area contributed by atoms with Crippen molar-refractivity contribution < 1.29 is 9.59 Å². The number of piperazine rings is 1. The number of unbranched alkanes of at least 4 members (excludes halogenated alkanes) is 1. The maximum Gasteiger partial charge on any atom is 0.248 e. The summed E-state index contributed by atoms with van der Waals surface area (Å²) in [4.78, 5) is 26.9. The lowest BCUT2D eigenvalue weighted by atomic mass is 9.86. The van der Waals surface area contributed by atoms with E-state index in [0.29, 0.717) is 25.8 Å². The molecule has 116 valence electrons. The van der Waals surface area contributed by atoms with Gasteiger partial charge in [-0.15, -0.1) is 0 Å². The third-order valence-corrected chi connectivity index (χ3v) is 5.00. The maximum absolute atomic E-state index is 12.8. The fraction of sp³-hybridized carbons (Fsp3) is 0.867. The van der Waals surface area contributed by atoms with Crippen LogP contribution in [0.2, 0.25) is 0 Å². The van der Waals surface area contributed by atoms with Crippen molar-refractivity contribution in [2.45, 2.75) is 64.5 Å². The minimum absolute atomic E-state index is 0.0145. The van der Waals surface area contributed by atoms with Crippen LogP contribution >= 0.6 is 11.8 Å². The van der Waals surface area contributed by atoms with E-state index in [4.69, 9.17) is 0 Å². The van der Waals surface area contributed by atoms with Crippen molar-refractivity contribution in [2.24, 2.45) is 0 Å². The monoisotopic (exact) mass is 300 g/mol. The summed E-state index contributed by atoms with van der Waals surface area (Å²) in [5.74, 6) is 1.23. The highest BCUT2D eigenvalue weighted by molar-refractivity contribution is 7.98. The van der Waals surface area contributed by atoms with E-state index in [2.05, 4.69) is 11.6 Å². The van der Waals surface area contributed by atoms with Crippen LogP contribution in [0.15, 0.2) is 0 Å². The number of hydrogen-bond acceptors (Lipinski definition) is 3. The molecule has 1 heterocycles. The summed E-state index contributed by atoms with van der Waals surface area (Å²) in [6.07, 6.45) is 6.16. The van der Waals surface area contributed by atoms with Gasteiger partial charge >= 0.3 is 0 Å². The molecule has 0 aromatic heterocycles. The summed E-state index contributed by atoms with van der Waals surface area (Å²) in [5, 5.41) is 2.98. The molecule has 0 aromatic carbocycles. The molecule has 2 amide bonds. The van der Waals surface area contributed by atoms with E-state index in [0.717, 1.165) is 18.6 Å². The Morgan fingerprint density at radius 3 is 2.35 bits per heavy atom. The first-order valence-corrected chi connectivity index (χ1v) is 9.07. The van der Waals surface area contributed by atoms with Gasteiger partial charge in [-0.05, 0) is 44.1 Å². The van der Waals surface area contributed by atoms with E-state index in [1.165, 1.54) is 0 Å². The quantitative estimate of drug-likeness (QED) is 0.700. The van der Waals surface area contributed by atoms with E-state index < -0.39 is 5.54 Å². The molecule has 0 saturated carbocycles. The molecule has 1 unspecified atom stereocenters. The fourth-order valence-electron chi connectivity index (χ4n) is 2.85. The second-order valence-corrected chi connectivity index (χ2v) is 6.39. The van der Waals surface area contributed by atoms with Gasteiger partial charge in [-0.25, -0.2) is 0 Å². The molecule has 1 fully saturated rings. The molecule has 0 aromatic rings. The van der Waals surface area contributed by atoms with Crippen LogP contribution < -0.4 is 5.32 Å². The van der Waals surface area contributed by atoms with Crippen LogP contribution in [-0.4, -0.2) is 46.8 Å². The first-order chi connectivity index (χ1) is 9.56. The fourth-order valence-corrected chi connectivity index (χ4v) is 3.34. The van der Waals surface area contributed by atoms with Crippen molar-refractivity contribution >= 4 is 23.6 Å². The zero-order valence-electron chi connectivity index (χ0n) is 13.2. The van der Waals surface area contributed by atoms with Crippen LogP contribution in [0.3, 0.4) is 0 Å². The molecule has 20 heavy (non-hydrogen) atoms. The molecular formula is C15H28N2O2S. The molecule has 1 N–H and O–H groups in total. The Hall–Kier alpha value is -0.710. The summed E-state index contributed by atoms with van der Waals surface area (Å²) in [7, 11) is 0. The van der Waals surface area contributed by atoms with Crippen molar-refractivity contribution in [1.82, 2.24) is 10.2 Å². The minimum Gasteiger partial charge on any atom is -0.340 e. The van der Waals surface area contributed by atoms with E-state index in [1.807, 2.05) is 37.4 Å². The summed E-state index contributed by atoms with van der Waals surface area (Å²) in [5.41, 5.74) is -0.678. The number of carbonyl (C=O) groups is 2. The SMILES string of the molecule is CCC1C(=O)NC(CC)(CC)C(=O)N1CCCCSC. The van der Waals surface area contributed by atoms with Crippen molar-refractivity contribution in [3.8, 4) is 0 Å². The first kappa shape index (κ1) is 17.3. The smallest absolute Gasteiger partial charge is 0.248 e. The van der Waals surface area contributed by atoms with Crippen LogP contribution in [-0.2, 0) is 9.59 Å². The maximum atomic E-state index is 12.8. The summed E-state index contributed by atoms with van der Waals surface area (Å²) in [6.45, 7) is 6.62.